The van der Waals surface area contributed by atoms with Gasteiger partial charge in [-0.05, 0) is 18.3 Å². The lowest BCUT2D eigenvalue weighted by Gasteiger charge is -2.25. The van der Waals surface area contributed by atoms with E-state index >= 15 is 0 Å². The topological polar surface area (TPSA) is 0 Å². The third-order valence-corrected chi connectivity index (χ3v) is 2.43. The summed E-state index contributed by atoms with van der Waals surface area (Å²) in [6.07, 6.45) is 14.2. The van der Waals surface area contributed by atoms with Crippen LogP contribution in [0, 0.1) is 5.41 Å². The maximum atomic E-state index is 2.35. The lowest BCUT2D eigenvalue weighted by atomic mass is 9.79. The van der Waals surface area contributed by atoms with Crippen LogP contribution in [-0.2, 0) is 0 Å². The van der Waals surface area contributed by atoms with E-state index in [1.54, 1.807) is 0 Å². The Kier molecular flexibility index (Phi) is 2.92. The van der Waals surface area contributed by atoms with E-state index in [1.165, 1.54) is 25.7 Å². The second-order valence-corrected chi connectivity index (χ2v) is 3.75. The maximum absolute atomic E-state index is 2.35. The summed E-state index contributed by atoms with van der Waals surface area (Å²) in [5, 5.41) is 0. The highest BCUT2D eigenvalue weighted by molar-refractivity contribution is 5.15. The lowest BCUT2D eigenvalue weighted by Crippen LogP contribution is -2.13. The average Bonchev–Trinajstić information content (AvgIpc) is 2.03. The first kappa shape index (κ1) is 8.58. The van der Waals surface area contributed by atoms with Crippen LogP contribution in [0.5, 0.6) is 0 Å². The standard InChI is InChI=1S/C11H18/c1-3-4-8-11(2)9-6-5-7-10-11/h5-7,9H,3-4,8,10H2,1-2H3. The van der Waals surface area contributed by atoms with Gasteiger partial charge in [0.25, 0.3) is 0 Å². The van der Waals surface area contributed by atoms with Gasteiger partial charge in [-0.3, -0.25) is 0 Å². The average molecular weight is 150 g/mol. The highest BCUT2D eigenvalue weighted by atomic mass is 14.2. The largest absolute Gasteiger partial charge is 0.0837 e. The molecule has 0 aromatic rings. The Balaban J connectivity index is 2.40. The fourth-order valence-electron chi connectivity index (χ4n) is 1.54. The van der Waals surface area contributed by atoms with E-state index in [4.69, 9.17) is 0 Å². The zero-order chi connectivity index (χ0) is 8.16. The molecule has 11 heavy (non-hydrogen) atoms. The normalized spacial score (nSPS) is 29.3. The number of hydrogen-bond acceptors (Lipinski definition) is 0. The number of hydrogen-bond donors (Lipinski definition) is 0. The van der Waals surface area contributed by atoms with Crippen LogP contribution in [-0.4, -0.2) is 0 Å². The third-order valence-electron chi connectivity index (χ3n) is 2.43. The van der Waals surface area contributed by atoms with Gasteiger partial charge in [0, 0.05) is 0 Å². The summed E-state index contributed by atoms with van der Waals surface area (Å²) >= 11 is 0. The Bertz CT molecular complexity index is 165. The van der Waals surface area contributed by atoms with Gasteiger partial charge >= 0.3 is 0 Å². The van der Waals surface area contributed by atoms with Gasteiger partial charge in [-0.1, -0.05) is 51.0 Å². The smallest absolute Gasteiger partial charge is 0.0109 e. The molecular weight excluding hydrogens is 132 g/mol. The second kappa shape index (κ2) is 3.75. The lowest BCUT2D eigenvalue weighted by molar-refractivity contribution is 0.378. The van der Waals surface area contributed by atoms with Crippen LogP contribution >= 0.6 is 0 Å². The fourth-order valence-corrected chi connectivity index (χ4v) is 1.54. The molecule has 1 rings (SSSR count). The summed E-state index contributed by atoms with van der Waals surface area (Å²) in [6.45, 7) is 4.61. The van der Waals surface area contributed by atoms with Crippen molar-refractivity contribution in [2.24, 2.45) is 5.41 Å². The van der Waals surface area contributed by atoms with Crippen molar-refractivity contribution in [3.8, 4) is 0 Å². The molecule has 0 bridgehead atoms. The van der Waals surface area contributed by atoms with Crippen LogP contribution in [0.1, 0.15) is 39.5 Å². The molecule has 0 radical (unpaired) electrons. The zero-order valence-electron chi connectivity index (χ0n) is 7.64. The van der Waals surface area contributed by atoms with E-state index in [-0.39, 0.29) is 0 Å². The first-order valence-electron chi connectivity index (χ1n) is 4.61. The summed E-state index contributed by atoms with van der Waals surface area (Å²) in [5.74, 6) is 0. The van der Waals surface area contributed by atoms with E-state index in [2.05, 4.69) is 38.2 Å². The summed E-state index contributed by atoms with van der Waals surface area (Å²) < 4.78 is 0. The Morgan fingerprint density at radius 3 is 2.73 bits per heavy atom. The van der Waals surface area contributed by atoms with Gasteiger partial charge in [0.05, 0.1) is 0 Å². The maximum Gasteiger partial charge on any atom is -0.0109 e. The first-order chi connectivity index (χ1) is 5.27. The fraction of sp³-hybridized carbons (Fsp3) is 0.636. The number of rotatable bonds is 3. The Morgan fingerprint density at radius 1 is 1.36 bits per heavy atom. The molecule has 0 fully saturated rings. The predicted molar refractivity (Wildman–Crippen MR) is 50.5 cm³/mol. The highest BCUT2D eigenvalue weighted by Crippen LogP contribution is 2.32. The zero-order valence-corrected chi connectivity index (χ0v) is 7.64. The molecular formula is C11H18. The molecule has 0 heteroatoms. The molecule has 0 aliphatic heterocycles. The van der Waals surface area contributed by atoms with Crippen LogP contribution in [0.4, 0.5) is 0 Å². The number of allylic oxidation sites excluding steroid dienone is 4. The van der Waals surface area contributed by atoms with E-state index < -0.39 is 0 Å². The molecule has 0 nitrogen and oxygen atoms in total. The van der Waals surface area contributed by atoms with Gasteiger partial charge < -0.3 is 0 Å². The molecule has 0 spiro atoms. The molecule has 0 aromatic heterocycles. The van der Waals surface area contributed by atoms with Gasteiger partial charge in [-0.2, -0.15) is 0 Å². The van der Waals surface area contributed by atoms with E-state index in [9.17, 15) is 0 Å². The van der Waals surface area contributed by atoms with Crippen LogP contribution in [0.15, 0.2) is 24.3 Å². The summed E-state index contributed by atoms with van der Waals surface area (Å²) in [5.41, 5.74) is 0.463. The molecule has 1 atom stereocenters. The minimum absolute atomic E-state index is 0.463. The Hall–Kier alpha value is -0.520. The molecule has 0 amide bonds. The van der Waals surface area contributed by atoms with Crippen LogP contribution in [0.3, 0.4) is 0 Å². The van der Waals surface area contributed by atoms with Crippen LogP contribution < -0.4 is 0 Å². The molecule has 0 saturated carbocycles. The molecule has 0 N–H and O–H groups in total. The summed E-state index contributed by atoms with van der Waals surface area (Å²) in [7, 11) is 0. The minimum Gasteiger partial charge on any atom is -0.0837 e. The Labute approximate surface area is 70.0 Å². The minimum atomic E-state index is 0.463. The van der Waals surface area contributed by atoms with Gasteiger partial charge in [0.1, 0.15) is 0 Å². The van der Waals surface area contributed by atoms with Crippen molar-refractivity contribution in [3.63, 3.8) is 0 Å². The van der Waals surface area contributed by atoms with E-state index in [0.717, 1.165) is 0 Å². The number of unbranched alkanes of at least 4 members (excludes halogenated alkanes) is 1. The van der Waals surface area contributed by atoms with Crippen molar-refractivity contribution in [1.29, 1.82) is 0 Å². The molecule has 0 heterocycles. The molecule has 1 aliphatic rings. The van der Waals surface area contributed by atoms with Crippen molar-refractivity contribution in [3.05, 3.63) is 24.3 Å². The van der Waals surface area contributed by atoms with Crippen LogP contribution in [0.2, 0.25) is 0 Å². The van der Waals surface area contributed by atoms with E-state index in [1.807, 2.05) is 0 Å². The van der Waals surface area contributed by atoms with E-state index in [0.29, 0.717) is 5.41 Å². The van der Waals surface area contributed by atoms with Gasteiger partial charge in [-0.15, -0.1) is 0 Å². The molecule has 1 aliphatic carbocycles. The second-order valence-electron chi connectivity index (χ2n) is 3.75. The molecule has 1 unspecified atom stereocenters. The first-order valence-corrected chi connectivity index (χ1v) is 4.61. The van der Waals surface area contributed by atoms with Gasteiger partial charge in [0.15, 0.2) is 0 Å². The van der Waals surface area contributed by atoms with Crippen molar-refractivity contribution >= 4 is 0 Å². The van der Waals surface area contributed by atoms with Crippen molar-refractivity contribution in [2.45, 2.75) is 39.5 Å². The van der Waals surface area contributed by atoms with Crippen molar-refractivity contribution in [2.75, 3.05) is 0 Å². The van der Waals surface area contributed by atoms with Gasteiger partial charge in [0.2, 0.25) is 0 Å². The predicted octanol–water partition coefficient (Wildman–Crippen LogP) is 3.70. The quantitative estimate of drug-likeness (QED) is 0.575. The molecule has 0 aromatic carbocycles. The highest BCUT2D eigenvalue weighted by Gasteiger charge is 2.19. The SMILES string of the molecule is CCCCC1(C)C=CC=CC1. The monoisotopic (exact) mass is 150 g/mol. The van der Waals surface area contributed by atoms with Crippen molar-refractivity contribution in [1.82, 2.24) is 0 Å². The Morgan fingerprint density at radius 2 is 2.18 bits per heavy atom. The van der Waals surface area contributed by atoms with Crippen LogP contribution in [0.25, 0.3) is 0 Å². The molecule has 62 valence electrons. The van der Waals surface area contributed by atoms with Gasteiger partial charge in [-0.25, -0.2) is 0 Å². The van der Waals surface area contributed by atoms with Crippen molar-refractivity contribution < 1.29 is 0 Å². The summed E-state index contributed by atoms with van der Waals surface area (Å²) in [4.78, 5) is 0. The summed E-state index contributed by atoms with van der Waals surface area (Å²) in [6, 6.07) is 0. The third kappa shape index (κ3) is 2.53. The molecule has 0 saturated heterocycles.